The summed E-state index contributed by atoms with van der Waals surface area (Å²) in [5, 5.41) is 10.9. The summed E-state index contributed by atoms with van der Waals surface area (Å²) in [6.07, 6.45) is 4.10. The third-order valence-electron chi connectivity index (χ3n) is 9.72. The topological polar surface area (TPSA) is 80.1 Å². The van der Waals surface area contributed by atoms with Crippen molar-refractivity contribution in [3.05, 3.63) is 83.2 Å². The number of hydrogen-bond acceptors (Lipinski definition) is 6. The van der Waals surface area contributed by atoms with Crippen LogP contribution in [0.25, 0.3) is 22.2 Å². The molecule has 4 aromatic rings. The molecule has 2 aliphatic heterocycles. The first-order valence-electron chi connectivity index (χ1n) is 16.3. The Labute approximate surface area is 263 Å². The van der Waals surface area contributed by atoms with Gasteiger partial charge in [0.1, 0.15) is 18.5 Å². The quantitative estimate of drug-likeness (QED) is 0.257. The van der Waals surface area contributed by atoms with Gasteiger partial charge in [-0.1, -0.05) is 25.0 Å². The molecule has 7 rings (SSSR count). The van der Waals surface area contributed by atoms with Crippen LogP contribution in [0, 0.1) is 0 Å². The molecular formula is C36H41FN4O4. The standard InChI is InChI=1S/C36H41FN4O4/c37-32-7-2-1-6-30(32)34-31-10-8-25(36(42)43)22-33(31)41-16-15-40(14-13-39-17-19-44-20-18-39)23-26-21-28(9-11-29(26)35(34)41)45-24-27-5-3-4-12-38-27/h3-5,8-12,21-22,30,32H,1-2,6-7,13-20,23-24H2,(H,42,43)/t30-,32-/m0/s1. The van der Waals surface area contributed by atoms with Crippen LogP contribution in [-0.4, -0.2) is 82.5 Å². The number of morpholine rings is 1. The fourth-order valence-corrected chi connectivity index (χ4v) is 7.34. The predicted molar refractivity (Wildman–Crippen MR) is 172 cm³/mol. The number of halogens is 1. The monoisotopic (exact) mass is 612 g/mol. The van der Waals surface area contributed by atoms with E-state index in [0.717, 1.165) is 116 Å². The highest BCUT2D eigenvalue weighted by Crippen LogP contribution is 2.47. The highest BCUT2D eigenvalue weighted by atomic mass is 19.1. The Balaban J connectivity index is 1.33. The molecule has 0 radical (unpaired) electrons. The minimum absolute atomic E-state index is 0.224. The zero-order valence-electron chi connectivity index (χ0n) is 25.7. The molecule has 1 N–H and O–H groups in total. The molecule has 9 heteroatoms. The van der Waals surface area contributed by atoms with E-state index in [9.17, 15) is 9.90 Å². The fourth-order valence-electron chi connectivity index (χ4n) is 7.34. The summed E-state index contributed by atoms with van der Waals surface area (Å²) in [6.45, 7) is 7.86. The SMILES string of the molecule is O=C(O)c1ccc2c([C@H]3CCCC[C@@H]3F)c3n(c2c1)CCN(CCN1CCOCC1)Cc1cc(OCc2ccccn2)ccc1-3. The zero-order valence-corrected chi connectivity index (χ0v) is 25.7. The van der Waals surface area contributed by atoms with Crippen molar-refractivity contribution in [2.45, 2.75) is 57.5 Å². The lowest BCUT2D eigenvalue weighted by atomic mass is 9.80. The average Bonchev–Trinajstić information content (AvgIpc) is 3.37. The summed E-state index contributed by atoms with van der Waals surface area (Å²) >= 11 is 0. The number of carboxylic acid groups (broad SMARTS) is 1. The number of pyridine rings is 1. The van der Waals surface area contributed by atoms with Gasteiger partial charge in [-0.15, -0.1) is 0 Å². The van der Waals surface area contributed by atoms with Crippen LogP contribution < -0.4 is 4.74 Å². The Morgan fingerprint density at radius 1 is 0.978 bits per heavy atom. The molecular weight excluding hydrogens is 571 g/mol. The van der Waals surface area contributed by atoms with Crippen molar-refractivity contribution in [3.63, 3.8) is 0 Å². The Hall–Kier alpha value is -3.79. The van der Waals surface area contributed by atoms with Crippen molar-refractivity contribution in [1.29, 1.82) is 0 Å². The summed E-state index contributed by atoms with van der Waals surface area (Å²) in [5.41, 5.74) is 6.23. The van der Waals surface area contributed by atoms with E-state index >= 15 is 4.39 Å². The van der Waals surface area contributed by atoms with Gasteiger partial charge in [-0.2, -0.15) is 0 Å². The fraction of sp³-hybridized carbons (Fsp3) is 0.444. The maximum absolute atomic E-state index is 15.8. The van der Waals surface area contributed by atoms with E-state index < -0.39 is 12.1 Å². The summed E-state index contributed by atoms with van der Waals surface area (Å²) in [6, 6.07) is 17.4. The molecule has 1 saturated heterocycles. The van der Waals surface area contributed by atoms with Crippen LogP contribution in [0.4, 0.5) is 4.39 Å². The van der Waals surface area contributed by atoms with Gasteiger partial charge in [-0.05, 0) is 66.4 Å². The molecule has 2 aromatic carbocycles. The minimum atomic E-state index is -0.955. The number of rotatable bonds is 8. The molecule has 0 bridgehead atoms. The Kier molecular flexibility index (Phi) is 8.83. The van der Waals surface area contributed by atoms with Gasteiger partial charge in [0.05, 0.1) is 30.2 Å². The second-order valence-corrected chi connectivity index (χ2v) is 12.5. The van der Waals surface area contributed by atoms with Crippen molar-refractivity contribution < 1.29 is 23.8 Å². The molecule has 2 aromatic heterocycles. The molecule has 8 nitrogen and oxygen atoms in total. The number of fused-ring (bicyclic) bond motifs is 5. The summed E-state index contributed by atoms with van der Waals surface area (Å²) in [4.78, 5) is 21.4. The maximum Gasteiger partial charge on any atom is 0.335 e. The molecule has 1 saturated carbocycles. The molecule has 2 atom stereocenters. The van der Waals surface area contributed by atoms with Gasteiger partial charge in [0.25, 0.3) is 0 Å². The second-order valence-electron chi connectivity index (χ2n) is 12.5. The van der Waals surface area contributed by atoms with E-state index in [1.54, 1.807) is 18.3 Å². The van der Waals surface area contributed by atoms with E-state index in [2.05, 4.69) is 31.5 Å². The molecule has 0 amide bonds. The Morgan fingerprint density at radius 3 is 2.62 bits per heavy atom. The first kappa shape index (κ1) is 29.9. The molecule has 0 spiro atoms. The third kappa shape index (κ3) is 6.34. The maximum atomic E-state index is 15.8. The zero-order chi connectivity index (χ0) is 30.8. The number of ether oxygens (including phenoxy) is 2. The number of alkyl halides is 1. The number of carbonyl (C=O) groups is 1. The minimum Gasteiger partial charge on any atom is -0.487 e. The molecule has 1 aliphatic carbocycles. The van der Waals surface area contributed by atoms with Crippen molar-refractivity contribution in [1.82, 2.24) is 19.4 Å². The number of aromatic nitrogens is 2. The van der Waals surface area contributed by atoms with E-state index in [4.69, 9.17) is 9.47 Å². The largest absolute Gasteiger partial charge is 0.487 e. The van der Waals surface area contributed by atoms with E-state index in [1.165, 1.54) is 0 Å². The lowest BCUT2D eigenvalue weighted by Gasteiger charge is -2.33. The summed E-state index contributed by atoms with van der Waals surface area (Å²) in [5.74, 6) is -0.410. The summed E-state index contributed by atoms with van der Waals surface area (Å²) < 4.78 is 29.9. The molecule has 236 valence electrons. The highest BCUT2D eigenvalue weighted by Gasteiger charge is 2.34. The van der Waals surface area contributed by atoms with Crippen LogP contribution in [-0.2, 0) is 24.4 Å². The van der Waals surface area contributed by atoms with Gasteiger partial charge in [0.15, 0.2) is 0 Å². The number of nitrogens with zero attached hydrogens (tertiary/aromatic N) is 4. The van der Waals surface area contributed by atoms with E-state index in [1.807, 2.05) is 30.3 Å². The highest BCUT2D eigenvalue weighted by molar-refractivity contribution is 5.98. The third-order valence-corrected chi connectivity index (χ3v) is 9.72. The lowest BCUT2D eigenvalue weighted by Crippen LogP contribution is -2.42. The van der Waals surface area contributed by atoms with Crippen LogP contribution in [0.5, 0.6) is 5.75 Å². The van der Waals surface area contributed by atoms with Gasteiger partial charge in [-0.25, -0.2) is 9.18 Å². The molecule has 2 fully saturated rings. The number of benzene rings is 2. The molecule has 0 unspecified atom stereocenters. The van der Waals surface area contributed by atoms with E-state index in [-0.39, 0.29) is 11.5 Å². The first-order chi connectivity index (χ1) is 22.0. The number of aromatic carboxylic acids is 1. The van der Waals surface area contributed by atoms with Gasteiger partial charge < -0.3 is 19.1 Å². The van der Waals surface area contributed by atoms with Crippen molar-refractivity contribution in [2.24, 2.45) is 0 Å². The van der Waals surface area contributed by atoms with Crippen LogP contribution in [0.2, 0.25) is 0 Å². The van der Waals surface area contributed by atoms with Crippen LogP contribution >= 0.6 is 0 Å². The van der Waals surface area contributed by atoms with Crippen LogP contribution in [0.15, 0.2) is 60.8 Å². The molecule has 45 heavy (non-hydrogen) atoms. The van der Waals surface area contributed by atoms with Gasteiger partial charge in [0, 0.05) is 74.4 Å². The number of hydrogen-bond donors (Lipinski definition) is 1. The summed E-state index contributed by atoms with van der Waals surface area (Å²) in [7, 11) is 0. The predicted octanol–water partition coefficient (Wildman–Crippen LogP) is 6.12. The lowest BCUT2D eigenvalue weighted by molar-refractivity contribution is 0.0327. The van der Waals surface area contributed by atoms with Crippen LogP contribution in [0.1, 0.15) is 58.8 Å². The van der Waals surface area contributed by atoms with Crippen molar-refractivity contribution >= 4 is 16.9 Å². The normalized spacial score (nSPS) is 21.1. The first-order valence-corrected chi connectivity index (χ1v) is 16.3. The molecule has 4 heterocycles. The Morgan fingerprint density at radius 2 is 1.82 bits per heavy atom. The van der Waals surface area contributed by atoms with Gasteiger partial charge in [-0.3, -0.25) is 14.8 Å². The number of carboxylic acids is 1. The van der Waals surface area contributed by atoms with E-state index in [0.29, 0.717) is 19.6 Å². The van der Waals surface area contributed by atoms with Crippen molar-refractivity contribution in [2.75, 3.05) is 45.9 Å². The van der Waals surface area contributed by atoms with Crippen LogP contribution in [0.3, 0.4) is 0 Å². The van der Waals surface area contributed by atoms with Gasteiger partial charge in [0.2, 0.25) is 0 Å². The Bertz CT molecular complexity index is 1650. The average molecular weight is 613 g/mol. The van der Waals surface area contributed by atoms with Crippen molar-refractivity contribution in [3.8, 4) is 17.0 Å². The molecule has 3 aliphatic rings. The second kappa shape index (κ2) is 13.3. The smallest absolute Gasteiger partial charge is 0.335 e. The van der Waals surface area contributed by atoms with Gasteiger partial charge >= 0.3 is 5.97 Å².